The molecule has 0 aliphatic heterocycles. The molecule has 0 bridgehead atoms. The molecule has 8 heteroatoms. The summed E-state index contributed by atoms with van der Waals surface area (Å²) in [4.78, 5) is 12.5. The van der Waals surface area contributed by atoms with Gasteiger partial charge in [0.2, 0.25) is 11.1 Å². The normalized spacial score (nSPS) is 11.8. The number of anilines is 1. The van der Waals surface area contributed by atoms with Gasteiger partial charge in [0.1, 0.15) is 5.75 Å². The predicted molar refractivity (Wildman–Crippen MR) is 107 cm³/mol. The largest absolute Gasteiger partial charge is 0.495 e. The third kappa shape index (κ3) is 4.22. The number of aryl methyl sites for hydroxylation is 1. The third-order valence-electron chi connectivity index (χ3n) is 3.99. The second-order valence-corrected chi connectivity index (χ2v) is 7.30. The van der Waals surface area contributed by atoms with E-state index in [2.05, 4.69) is 15.5 Å². The van der Waals surface area contributed by atoms with Gasteiger partial charge in [-0.05, 0) is 26.0 Å². The molecule has 0 saturated carbocycles. The van der Waals surface area contributed by atoms with Crippen LogP contribution in [-0.4, -0.2) is 33.1 Å². The predicted octanol–water partition coefficient (Wildman–Crippen LogP) is 3.10. The highest BCUT2D eigenvalue weighted by molar-refractivity contribution is 8.00. The van der Waals surface area contributed by atoms with Gasteiger partial charge in [-0.15, -0.1) is 10.2 Å². The zero-order chi connectivity index (χ0) is 19.4. The van der Waals surface area contributed by atoms with Crippen molar-refractivity contribution in [2.75, 3.05) is 18.3 Å². The van der Waals surface area contributed by atoms with Crippen molar-refractivity contribution in [2.45, 2.75) is 24.3 Å². The van der Waals surface area contributed by atoms with E-state index in [-0.39, 0.29) is 5.91 Å². The van der Waals surface area contributed by atoms with Gasteiger partial charge in [-0.3, -0.25) is 4.79 Å². The Morgan fingerprint density at radius 3 is 2.59 bits per heavy atom. The van der Waals surface area contributed by atoms with Gasteiger partial charge < -0.3 is 15.9 Å². The zero-order valence-corrected chi connectivity index (χ0v) is 16.2. The van der Waals surface area contributed by atoms with Crippen molar-refractivity contribution in [1.29, 1.82) is 0 Å². The fourth-order valence-corrected chi connectivity index (χ4v) is 3.22. The summed E-state index contributed by atoms with van der Waals surface area (Å²) in [5.74, 6) is 7.12. The monoisotopic (exact) mass is 383 g/mol. The maximum absolute atomic E-state index is 12.5. The van der Waals surface area contributed by atoms with Gasteiger partial charge in [0.05, 0.1) is 18.0 Å². The van der Waals surface area contributed by atoms with Gasteiger partial charge >= 0.3 is 0 Å². The lowest BCUT2D eigenvalue weighted by atomic mass is 10.1. The first kappa shape index (κ1) is 18.8. The average Bonchev–Trinajstić information content (AvgIpc) is 3.03. The van der Waals surface area contributed by atoms with Crippen molar-refractivity contribution in [1.82, 2.24) is 14.9 Å². The molecule has 1 amide bonds. The quantitative estimate of drug-likeness (QED) is 0.502. The number of hydrogen-bond acceptors (Lipinski definition) is 6. The number of nitrogens with one attached hydrogen (secondary N) is 1. The molecule has 0 unspecified atom stereocenters. The van der Waals surface area contributed by atoms with Crippen LogP contribution in [-0.2, 0) is 4.79 Å². The van der Waals surface area contributed by atoms with Crippen LogP contribution in [0.5, 0.6) is 5.75 Å². The molecule has 0 aliphatic rings. The number of aromatic nitrogens is 3. The summed E-state index contributed by atoms with van der Waals surface area (Å²) >= 11 is 1.24. The minimum atomic E-state index is -0.424. The molecular formula is C19H21N5O2S. The van der Waals surface area contributed by atoms with Gasteiger partial charge in [-0.25, -0.2) is 4.68 Å². The number of nitrogen functional groups attached to an aromatic ring is 1. The SMILES string of the molecule is COc1ccccc1NC(=O)[C@@H](C)Sc1nnc(-c2ccc(C)cc2)n1N. The van der Waals surface area contributed by atoms with Crippen LogP contribution in [0.2, 0.25) is 0 Å². The molecular weight excluding hydrogens is 362 g/mol. The summed E-state index contributed by atoms with van der Waals surface area (Å²) in [6.07, 6.45) is 0. The van der Waals surface area contributed by atoms with E-state index in [0.29, 0.717) is 22.4 Å². The fourth-order valence-electron chi connectivity index (χ4n) is 2.45. The molecule has 1 aromatic heterocycles. The van der Waals surface area contributed by atoms with Crippen LogP contribution < -0.4 is 15.9 Å². The van der Waals surface area contributed by atoms with Crippen molar-refractivity contribution in [2.24, 2.45) is 0 Å². The minimum absolute atomic E-state index is 0.176. The van der Waals surface area contributed by atoms with Crippen molar-refractivity contribution in [3.8, 4) is 17.1 Å². The van der Waals surface area contributed by atoms with Gasteiger partial charge in [0, 0.05) is 5.56 Å². The number of carbonyl (C=O) groups excluding carboxylic acids is 1. The van der Waals surface area contributed by atoms with Crippen LogP contribution >= 0.6 is 11.8 Å². The molecule has 3 N–H and O–H groups in total. The van der Waals surface area contributed by atoms with E-state index in [0.717, 1.165) is 11.1 Å². The Bertz CT molecular complexity index is 940. The molecule has 2 aromatic carbocycles. The smallest absolute Gasteiger partial charge is 0.237 e. The topological polar surface area (TPSA) is 95.1 Å². The van der Waals surface area contributed by atoms with E-state index in [9.17, 15) is 4.79 Å². The van der Waals surface area contributed by atoms with Crippen LogP contribution in [0.1, 0.15) is 12.5 Å². The number of carbonyl (C=O) groups is 1. The molecule has 0 spiro atoms. The van der Waals surface area contributed by atoms with Crippen molar-refractivity contribution < 1.29 is 9.53 Å². The molecule has 3 rings (SSSR count). The molecule has 0 aliphatic carbocycles. The summed E-state index contributed by atoms with van der Waals surface area (Å²) in [5.41, 5.74) is 2.64. The molecule has 140 valence electrons. The van der Waals surface area contributed by atoms with E-state index in [1.165, 1.54) is 16.4 Å². The van der Waals surface area contributed by atoms with E-state index in [1.54, 1.807) is 26.2 Å². The first-order chi connectivity index (χ1) is 13.0. The summed E-state index contributed by atoms with van der Waals surface area (Å²) in [6.45, 7) is 3.80. The number of para-hydroxylation sites is 2. The first-order valence-corrected chi connectivity index (χ1v) is 9.25. The van der Waals surface area contributed by atoms with Crippen LogP contribution in [0.4, 0.5) is 5.69 Å². The highest BCUT2D eigenvalue weighted by Gasteiger charge is 2.20. The van der Waals surface area contributed by atoms with Gasteiger partial charge in [0.25, 0.3) is 0 Å². The number of methoxy groups -OCH3 is 1. The van der Waals surface area contributed by atoms with Gasteiger partial charge in [-0.1, -0.05) is 53.7 Å². The lowest BCUT2D eigenvalue weighted by Crippen LogP contribution is -2.24. The van der Waals surface area contributed by atoms with Crippen LogP contribution in [0.25, 0.3) is 11.4 Å². The van der Waals surface area contributed by atoms with Gasteiger partial charge in [-0.2, -0.15) is 0 Å². The molecule has 7 nitrogen and oxygen atoms in total. The highest BCUT2D eigenvalue weighted by atomic mass is 32.2. The number of amides is 1. The Hall–Kier alpha value is -3.00. The second-order valence-electron chi connectivity index (χ2n) is 5.99. The maximum Gasteiger partial charge on any atom is 0.237 e. The highest BCUT2D eigenvalue weighted by Crippen LogP contribution is 2.27. The molecule has 0 radical (unpaired) electrons. The summed E-state index contributed by atoms with van der Waals surface area (Å²) in [6, 6.07) is 15.1. The Kier molecular flexibility index (Phi) is 5.66. The number of hydrogen-bond donors (Lipinski definition) is 2. The maximum atomic E-state index is 12.5. The number of nitrogens with two attached hydrogens (primary N) is 1. The lowest BCUT2D eigenvalue weighted by molar-refractivity contribution is -0.115. The first-order valence-electron chi connectivity index (χ1n) is 8.37. The van der Waals surface area contributed by atoms with Crippen molar-refractivity contribution in [3.05, 3.63) is 54.1 Å². The third-order valence-corrected chi connectivity index (χ3v) is 5.05. The van der Waals surface area contributed by atoms with E-state index >= 15 is 0 Å². The Labute approximate surface area is 161 Å². The Morgan fingerprint density at radius 2 is 1.89 bits per heavy atom. The number of rotatable bonds is 6. The number of ether oxygens (including phenoxy) is 1. The number of thioether (sulfide) groups is 1. The lowest BCUT2D eigenvalue weighted by Gasteiger charge is -2.13. The zero-order valence-electron chi connectivity index (χ0n) is 15.3. The van der Waals surface area contributed by atoms with Gasteiger partial charge in [0.15, 0.2) is 5.82 Å². The van der Waals surface area contributed by atoms with Crippen molar-refractivity contribution >= 4 is 23.4 Å². The Morgan fingerprint density at radius 1 is 1.19 bits per heavy atom. The summed E-state index contributed by atoms with van der Waals surface area (Å²) in [7, 11) is 1.56. The minimum Gasteiger partial charge on any atom is -0.495 e. The van der Waals surface area contributed by atoms with E-state index in [4.69, 9.17) is 10.6 Å². The molecule has 27 heavy (non-hydrogen) atoms. The van der Waals surface area contributed by atoms with E-state index < -0.39 is 5.25 Å². The molecule has 0 fully saturated rings. The van der Waals surface area contributed by atoms with Crippen LogP contribution in [0, 0.1) is 6.92 Å². The Balaban J connectivity index is 1.71. The van der Waals surface area contributed by atoms with Crippen LogP contribution in [0.15, 0.2) is 53.7 Å². The standard InChI is InChI=1S/C19H21N5O2S/c1-12-8-10-14(11-9-12)17-22-23-19(24(17)20)27-13(2)18(25)21-15-6-4-5-7-16(15)26-3/h4-11,13H,20H2,1-3H3,(H,21,25)/t13-/m1/s1. The molecule has 1 heterocycles. The number of nitrogens with zero attached hydrogens (tertiary/aromatic N) is 3. The fraction of sp³-hybridized carbons (Fsp3) is 0.211. The second kappa shape index (κ2) is 8.13. The van der Waals surface area contributed by atoms with E-state index in [1.807, 2.05) is 43.3 Å². The number of benzene rings is 2. The summed E-state index contributed by atoms with van der Waals surface area (Å²) < 4.78 is 6.66. The van der Waals surface area contributed by atoms with Crippen LogP contribution in [0.3, 0.4) is 0 Å². The van der Waals surface area contributed by atoms with Crippen molar-refractivity contribution in [3.63, 3.8) is 0 Å². The molecule has 1 atom stereocenters. The molecule has 0 saturated heterocycles. The average molecular weight is 383 g/mol. The summed E-state index contributed by atoms with van der Waals surface area (Å²) in [5, 5.41) is 11.2. The molecule has 3 aromatic rings.